The number of nitrogens with two attached hydrogens (primary N) is 2. The number of nitrogen functional groups attached to an aromatic ring is 1. The summed E-state index contributed by atoms with van der Waals surface area (Å²) < 4.78 is 0. The Kier molecular flexibility index (Phi) is 5.12. The van der Waals surface area contributed by atoms with E-state index in [2.05, 4.69) is 0 Å². The first-order valence-corrected chi connectivity index (χ1v) is 10.8. The molecule has 0 radical (unpaired) electrons. The van der Waals surface area contributed by atoms with Crippen molar-refractivity contribution >= 4 is 57.2 Å². The van der Waals surface area contributed by atoms with Crippen molar-refractivity contribution in [3.8, 4) is 0 Å². The molecule has 27 heavy (non-hydrogen) atoms. The second-order valence-electron chi connectivity index (χ2n) is 6.36. The number of carbonyl (C=O) groups excluding carboxylic acids is 1. The Morgan fingerprint density at radius 3 is 2.07 bits per heavy atom. The SMILES string of the molecule is NC(=O)c1c(N)sc2c1CC(c1ccc(Cl)cc1)SC2c1ccc(Cl)cc1. The lowest BCUT2D eigenvalue weighted by molar-refractivity contribution is 0.100. The van der Waals surface area contributed by atoms with Gasteiger partial charge in [-0.15, -0.1) is 23.1 Å². The molecule has 0 saturated carbocycles. The smallest absolute Gasteiger partial charge is 0.251 e. The largest absolute Gasteiger partial charge is 0.390 e. The number of carbonyl (C=O) groups is 1. The van der Waals surface area contributed by atoms with Crippen LogP contribution in [-0.2, 0) is 6.42 Å². The lowest BCUT2D eigenvalue weighted by Gasteiger charge is -2.30. The molecule has 4 rings (SSSR count). The predicted octanol–water partition coefficient (Wildman–Crippen LogP) is 5.86. The minimum atomic E-state index is -0.471. The highest BCUT2D eigenvalue weighted by Crippen LogP contribution is 2.55. The molecule has 1 aliphatic heterocycles. The quantitative estimate of drug-likeness (QED) is 0.542. The molecule has 3 aromatic rings. The summed E-state index contributed by atoms with van der Waals surface area (Å²) in [5.74, 6) is -0.471. The Hall–Kier alpha value is -1.66. The van der Waals surface area contributed by atoms with E-state index >= 15 is 0 Å². The van der Waals surface area contributed by atoms with E-state index in [1.165, 1.54) is 11.3 Å². The maximum absolute atomic E-state index is 12.0. The molecule has 1 aliphatic rings. The molecule has 2 unspecified atom stereocenters. The average Bonchev–Trinajstić information content (AvgIpc) is 2.98. The van der Waals surface area contributed by atoms with Crippen LogP contribution < -0.4 is 11.5 Å². The first-order chi connectivity index (χ1) is 12.9. The van der Waals surface area contributed by atoms with Gasteiger partial charge in [0.05, 0.1) is 15.8 Å². The summed E-state index contributed by atoms with van der Waals surface area (Å²) in [5.41, 5.74) is 15.5. The van der Waals surface area contributed by atoms with Gasteiger partial charge >= 0.3 is 0 Å². The van der Waals surface area contributed by atoms with Crippen molar-refractivity contribution in [1.29, 1.82) is 0 Å². The Balaban J connectivity index is 1.83. The monoisotopic (exact) mass is 434 g/mol. The number of thioether (sulfide) groups is 1. The number of hydrogen-bond donors (Lipinski definition) is 2. The number of primary amides is 1. The summed E-state index contributed by atoms with van der Waals surface area (Å²) in [6.07, 6.45) is 0.706. The molecule has 0 spiro atoms. The average molecular weight is 435 g/mol. The van der Waals surface area contributed by atoms with Gasteiger partial charge in [0.1, 0.15) is 0 Å². The van der Waals surface area contributed by atoms with Crippen LogP contribution in [0.4, 0.5) is 5.00 Å². The highest BCUT2D eigenvalue weighted by molar-refractivity contribution is 8.00. The zero-order chi connectivity index (χ0) is 19.1. The van der Waals surface area contributed by atoms with Crippen LogP contribution >= 0.6 is 46.3 Å². The van der Waals surface area contributed by atoms with E-state index in [0.717, 1.165) is 21.6 Å². The van der Waals surface area contributed by atoms with Crippen molar-refractivity contribution in [1.82, 2.24) is 0 Å². The summed E-state index contributed by atoms with van der Waals surface area (Å²) in [6, 6.07) is 15.7. The number of halogens is 2. The molecule has 1 amide bonds. The zero-order valence-electron chi connectivity index (χ0n) is 14.1. The molecular formula is C20H16Cl2N2OS2. The Morgan fingerprint density at radius 1 is 0.963 bits per heavy atom. The number of anilines is 1. The highest BCUT2D eigenvalue weighted by Gasteiger charge is 2.35. The normalized spacial score (nSPS) is 18.9. The summed E-state index contributed by atoms with van der Waals surface area (Å²) >= 11 is 15.4. The first-order valence-electron chi connectivity index (χ1n) is 8.31. The molecule has 2 heterocycles. The van der Waals surface area contributed by atoms with Gasteiger partial charge in [-0.05, 0) is 47.4 Å². The van der Waals surface area contributed by atoms with Crippen molar-refractivity contribution in [3.05, 3.63) is 85.7 Å². The van der Waals surface area contributed by atoms with E-state index in [4.69, 9.17) is 34.7 Å². The van der Waals surface area contributed by atoms with Crippen LogP contribution in [0.25, 0.3) is 0 Å². The van der Waals surface area contributed by atoms with Gasteiger partial charge in [0, 0.05) is 20.2 Å². The minimum absolute atomic E-state index is 0.0621. The van der Waals surface area contributed by atoms with Crippen molar-refractivity contribution < 1.29 is 4.79 Å². The van der Waals surface area contributed by atoms with Gasteiger partial charge in [0.2, 0.25) is 0 Å². The number of benzene rings is 2. The topological polar surface area (TPSA) is 69.1 Å². The van der Waals surface area contributed by atoms with Crippen LogP contribution in [0.15, 0.2) is 48.5 Å². The molecule has 2 atom stereocenters. The fourth-order valence-corrected chi connectivity index (χ4v) is 6.55. The number of amides is 1. The van der Waals surface area contributed by atoms with Crippen molar-refractivity contribution in [2.45, 2.75) is 16.9 Å². The standard InChI is InChI=1S/C20H16Cl2N2OS2/c21-12-5-1-10(2-6-12)15-9-14-16(19(23)25)20(24)27-18(14)17(26-15)11-3-7-13(22)8-4-11/h1-8,15,17H,9,24H2,(H2,23,25). The predicted molar refractivity (Wildman–Crippen MR) is 116 cm³/mol. The van der Waals surface area contributed by atoms with Gasteiger partial charge in [-0.1, -0.05) is 47.5 Å². The van der Waals surface area contributed by atoms with Gasteiger partial charge in [0.25, 0.3) is 5.91 Å². The van der Waals surface area contributed by atoms with Gasteiger partial charge in [-0.25, -0.2) is 0 Å². The van der Waals surface area contributed by atoms with E-state index in [0.29, 0.717) is 27.0 Å². The maximum atomic E-state index is 12.0. The molecule has 7 heteroatoms. The molecular weight excluding hydrogens is 419 g/mol. The van der Waals surface area contributed by atoms with Crippen LogP contribution in [0.5, 0.6) is 0 Å². The van der Waals surface area contributed by atoms with E-state index in [9.17, 15) is 4.79 Å². The lowest BCUT2D eigenvalue weighted by Crippen LogP contribution is -2.18. The molecule has 4 N–H and O–H groups in total. The molecule has 0 saturated heterocycles. The van der Waals surface area contributed by atoms with Crippen LogP contribution in [0.3, 0.4) is 0 Å². The number of hydrogen-bond acceptors (Lipinski definition) is 4. The Morgan fingerprint density at radius 2 is 1.52 bits per heavy atom. The number of rotatable bonds is 3. The molecule has 138 valence electrons. The molecule has 0 aliphatic carbocycles. The fraction of sp³-hybridized carbons (Fsp3) is 0.150. The number of thiophene rings is 1. The third kappa shape index (κ3) is 3.57. The summed E-state index contributed by atoms with van der Waals surface area (Å²) in [7, 11) is 0. The van der Waals surface area contributed by atoms with E-state index in [1.807, 2.05) is 60.3 Å². The van der Waals surface area contributed by atoms with E-state index in [-0.39, 0.29) is 10.5 Å². The summed E-state index contributed by atoms with van der Waals surface area (Å²) in [6.45, 7) is 0. The summed E-state index contributed by atoms with van der Waals surface area (Å²) in [4.78, 5) is 13.1. The number of fused-ring (bicyclic) bond motifs is 1. The van der Waals surface area contributed by atoms with E-state index < -0.39 is 5.91 Å². The Bertz CT molecular complexity index is 1000. The maximum Gasteiger partial charge on any atom is 0.251 e. The lowest BCUT2D eigenvalue weighted by atomic mass is 9.96. The van der Waals surface area contributed by atoms with Gasteiger partial charge in [-0.3, -0.25) is 4.79 Å². The zero-order valence-corrected chi connectivity index (χ0v) is 17.3. The van der Waals surface area contributed by atoms with Gasteiger partial charge < -0.3 is 11.5 Å². The van der Waals surface area contributed by atoms with Gasteiger partial charge in [0.15, 0.2) is 0 Å². The van der Waals surface area contributed by atoms with E-state index in [1.54, 1.807) is 0 Å². The molecule has 2 aromatic carbocycles. The van der Waals surface area contributed by atoms with Gasteiger partial charge in [-0.2, -0.15) is 0 Å². The molecule has 0 bridgehead atoms. The van der Waals surface area contributed by atoms with Crippen LogP contribution in [0.1, 0.15) is 42.4 Å². The highest BCUT2D eigenvalue weighted by atomic mass is 35.5. The second-order valence-corrected chi connectivity index (χ2v) is 9.63. The second kappa shape index (κ2) is 7.40. The van der Waals surface area contributed by atoms with Crippen molar-refractivity contribution in [3.63, 3.8) is 0 Å². The third-order valence-electron chi connectivity index (χ3n) is 4.65. The minimum Gasteiger partial charge on any atom is -0.390 e. The third-order valence-corrected chi connectivity index (χ3v) is 7.98. The van der Waals surface area contributed by atoms with Crippen LogP contribution in [0.2, 0.25) is 10.0 Å². The molecule has 3 nitrogen and oxygen atoms in total. The van der Waals surface area contributed by atoms with Crippen LogP contribution in [0, 0.1) is 0 Å². The van der Waals surface area contributed by atoms with Crippen molar-refractivity contribution in [2.24, 2.45) is 5.73 Å². The fourth-order valence-electron chi connectivity index (χ4n) is 3.39. The first kappa shape index (κ1) is 18.7. The molecule has 1 aromatic heterocycles. The molecule has 0 fully saturated rings. The Labute approximate surface area is 175 Å². The van der Waals surface area contributed by atoms with Crippen LogP contribution in [-0.4, -0.2) is 5.91 Å². The summed E-state index contributed by atoms with van der Waals surface area (Å²) in [5, 5.41) is 2.11. The van der Waals surface area contributed by atoms with Crippen molar-refractivity contribution in [2.75, 3.05) is 5.73 Å².